The molecule has 2 aromatic rings. The second-order valence-corrected chi connectivity index (χ2v) is 4.76. The van der Waals surface area contributed by atoms with Crippen LogP contribution in [0.2, 0.25) is 0 Å². The van der Waals surface area contributed by atoms with Crippen molar-refractivity contribution in [3.05, 3.63) is 59.2 Å². The van der Waals surface area contributed by atoms with Crippen LogP contribution in [0.15, 0.2) is 42.5 Å². The Labute approximate surface area is 118 Å². The van der Waals surface area contributed by atoms with E-state index in [1.165, 1.54) is 0 Å². The summed E-state index contributed by atoms with van der Waals surface area (Å²) in [5.74, 6) is 0.766. The van der Waals surface area contributed by atoms with Crippen molar-refractivity contribution in [1.29, 1.82) is 0 Å². The largest absolute Gasteiger partial charge is 0.489 e. The number of hydrogen-bond donors (Lipinski definition) is 3. The van der Waals surface area contributed by atoms with Crippen molar-refractivity contribution in [2.45, 2.75) is 26.6 Å². The lowest BCUT2D eigenvalue weighted by atomic mass is 10.1. The van der Waals surface area contributed by atoms with Crippen LogP contribution in [0.5, 0.6) is 5.75 Å². The Bertz CT molecular complexity index is 582. The summed E-state index contributed by atoms with van der Waals surface area (Å²) >= 11 is 0. The van der Waals surface area contributed by atoms with Gasteiger partial charge in [0.2, 0.25) is 0 Å². The standard InChI is InChI=1S/C16H19NO3/c1-11-9-13(12(2)18)7-8-16(11)20-10-14-5-3-4-6-15(14)17-19/h3-9,12,17-19H,10H2,1-2H3/t12-/m1/s1. The molecule has 0 fully saturated rings. The minimum Gasteiger partial charge on any atom is -0.489 e. The predicted molar refractivity (Wildman–Crippen MR) is 78.0 cm³/mol. The van der Waals surface area contributed by atoms with E-state index in [0.717, 1.165) is 22.4 Å². The van der Waals surface area contributed by atoms with Gasteiger partial charge in [-0.25, -0.2) is 0 Å². The third kappa shape index (κ3) is 3.29. The zero-order valence-electron chi connectivity index (χ0n) is 11.6. The lowest BCUT2D eigenvalue weighted by Crippen LogP contribution is -2.02. The normalized spacial score (nSPS) is 12.0. The van der Waals surface area contributed by atoms with Gasteiger partial charge in [-0.15, -0.1) is 0 Å². The molecule has 0 aliphatic carbocycles. The van der Waals surface area contributed by atoms with Crippen LogP contribution in [0.4, 0.5) is 5.69 Å². The summed E-state index contributed by atoms with van der Waals surface area (Å²) in [5, 5.41) is 18.6. The highest BCUT2D eigenvalue weighted by atomic mass is 16.5. The third-order valence-electron chi connectivity index (χ3n) is 3.20. The first-order valence-electron chi connectivity index (χ1n) is 6.51. The second kappa shape index (κ2) is 6.41. The topological polar surface area (TPSA) is 61.7 Å². The van der Waals surface area contributed by atoms with Crippen molar-refractivity contribution < 1.29 is 15.1 Å². The van der Waals surface area contributed by atoms with Crippen LogP contribution in [0.1, 0.15) is 29.7 Å². The SMILES string of the molecule is Cc1cc([C@@H](C)O)ccc1OCc1ccccc1NO. The van der Waals surface area contributed by atoms with Crippen LogP contribution in [0, 0.1) is 6.92 Å². The molecule has 0 saturated carbocycles. The van der Waals surface area contributed by atoms with Gasteiger partial charge >= 0.3 is 0 Å². The molecular formula is C16H19NO3. The van der Waals surface area contributed by atoms with Gasteiger partial charge in [0, 0.05) is 5.56 Å². The van der Waals surface area contributed by atoms with Crippen molar-refractivity contribution in [2.24, 2.45) is 0 Å². The lowest BCUT2D eigenvalue weighted by molar-refractivity contribution is 0.199. The zero-order chi connectivity index (χ0) is 14.5. The molecule has 106 valence electrons. The quantitative estimate of drug-likeness (QED) is 0.730. The molecule has 0 bridgehead atoms. The molecule has 0 aromatic heterocycles. The minimum absolute atomic E-state index is 0.360. The van der Waals surface area contributed by atoms with E-state index in [-0.39, 0.29) is 0 Å². The van der Waals surface area contributed by atoms with Gasteiger partial charge in [0.25, 0.3) is 0 Å². The number of aliphatic hydroxyl groups is 1. The molecule has 0 heterocycles. The number of rotatable bonds is 5. The Morgan fingerprint density at radius 1 is 1.20 bits per heavy atom. The van der Waals surface area contributed by atoms with Gasteiger partial charge in [-0.2, -0.15) is 0 Å². The maximum absolute atomic E-state index is 9.54. The summed E-state index contributed by atoms with van der Waals surface area (Å²) in [6.07, 6.45) is -0.484. The molecule has 3 N–H and O–H groups in total. The summed E-state index contributed by atoms with van der Waals surface area (Å²) in [6, 6.07) is 13.0. The van der Waals surface area contributed by atoms with Crippen LogP contribution in [0.3, 0.4) is 0 Å². The minimum atomic E-state index is -0.484. The van der Waals surface area contributed by atoms with Crippen molar-refractivity contribution in [1.82, 2.24) is 0 Å². The smallest absolute Gasteiger partial charge is 0.122 e. The van der Waals surface area contributed by atoms with E-state index >= 15 is 0 Å². The van der Waals surface area contributed by atoms with E-state index in [1.807, 2.05) is 43.3 Å². The number of benzene rings is 2. The fraction of sp³-hybridized carbons (Fsp3) is 0.250. The average Bonchev–Trinajstić information content (AvgIpc) is 2.46. The molecule has 0 amide bonds. The highest BCUT2D eigenvalue weighted by molar-refractivity contribution is 5.49. The lowest BCUT2D eigenvalue weighted by Gasteiger charge is -2.13. The van der Waals surface area contributed by atoms with E-state index in [1.54, 1.807) is 13.0 Å². The fourth-order valence-electron chi connectivity index (χ4n) is 2.01. The highest BCUT2D eigenvalue weighted by Gasteiger charge is 2.07. The number of hydrogen-bond acceptors (Lipinski definition) is 4. The van der Waals surface area contributed by atoms with Crippen molar-refractivity contribution >= 4 is 5.69 Å². The summed E-state index contributed by atoms with van der Waals surface area (Å²) in [5.41, 5.74) is 5.50. The highest BCUT2D eigenvalue weighted by Crippen LogP contribution is 2.24. The molecule has 0 aliphatic heterocycles. The molecule has 0 unspecified atom stereocenters. The first-order chi connectivity index (χ1) is 9.61. The van der Waals surface area contributed by atoms with Crippen molar-refractivity contribution in [2.75, 3.05) is 5.48 Å². The van der Waals surface area contributed by atoms with E-state index in [0.29, 0.717) is 12.3 Å². The molecule has 20 heavy (non-hydrogen) atoms. The number of anilines is 1. The second-order valence-electron chi connectivity index (χ2n) is 4.76. The van der Waals surface area contributed by atoms with Crippen molar-refractivity contribution in [3.8, 4) is 5.75 Å². The van der Waals surface area contributed by atoms with Gasteiger partial charge in [0.15, 0.2) is 0 Å². The molecule has 0 saturated heterocycles. The summed E-state index contributed by atoms with van der Waals surface area (Å²) in [4.78, 5) is 0. The molecule has 4 nitrogen and oxygen atoms in total. The molecule has 0 aliphatic rings. The predicted octanol–water partition coefficient (Wildman–Crippen LogP) is 3.43. The Balaban J connectivity index is 2.11. The third-order valence-corrected chi connectivity index (χ3v) is 3.20. The fourth-order valence-corrected chi connectivity index (χ4v) is 2.01. The number of ether oxygens (including phenoxy) is 1. The Morgan fingerprint density at radius 3 is 2.60 bits per heavy atom. The maximum Gasteiger partial charge on any atom is 0.122 e. The zero-order valence-corrected chi connectivity index (χ0v) is 11.6. The molecule has 4 heteroatoms. The average molecular weight is 273 g/mol. The van der Waals surface area contributed by atoms with Gasteiger partial charge in [-0.1, -0.05) is 24.3 Å². The van der Waals surface area contributed by atoms with E-state index in [2.05, 4.69) is 5.48 Å². The molecule has 2 aromatic carbocycles. The molecule has 1 atom stereocenters. The van der Waals surface area contributed by atoms with Gasteiger partial charge in [-0.3, -0.25) is 10.7 Å². The molecule has 0 radical (unpaired) electrons. The van der Waals surface area contributed by atoms with E-state index in [4.69, 9.17) is 9.94 Å². The summed E-state index contributed by atoms with van der Waals surface area (Å²) in [7, 11) is 0. The Kier molecular flexibility index (Phi) is 4.61. The Hall–Kier alpha value is -2.04. The van der Waals surface area contributed by atoms with Crippen LogP contribution in [-0.4, -0.2) is 10.3 Å². The molecule has 0 spiro atoms. The number of nitrogens with one attached hydrogen (secondary N) is 1. The molecule has 2 rings (SSSR count). The van der Waals surface area contributed by atoms with E-state index in [9.17, 15) is 5.11 Å². The Morgan fingerprint density at radius 2 is 1.95 bits per heavy atom. The number of aryl methyl sites for hydroxylation is 1. The van der Waals surface area contributed by atoms with Crippen LogP contribution in [-0.2, 0) is 6.61 Å². The van der Waals surface area contributed by atoms with Crippen LogP contribution >= 0.6 is 0 Å². The van der Waals surface area contributed by atoms with Gasteiger partial charge in [0.1, 0.15) is 12.4 Å². The van der Waals surface area contributed by atoms with Crippen LogP contribution in [0.25, 0.3) is 0 Å². The van der Waals surface area contributed by atoms with Crippen LogP contribution < -0.4 is 10.2 Å². The van der Waals surface area contributed by atoms with Gasteiger partial charge in [-0.05, 0) is 43.2 Å². The van der Waals surface area contributed by atoms with Gasteiger partial charge in [0.05, 0.1) is 11.8 Å². The maximum atomic E-state index is 9.54. The first kappa shape index (κ1) is 14.4. The van der Waals surface area contributed by atoms with Crippen molar-refractivity contribution in [3.63, 3.8) is 0 Å². The summed E-state index contributed by atoms with van der Waals surface area (Å²) < 4.78 is 5.77. The summed E-state index contributed by atoms with van der Waals surface area (Å²) in [6.45, 7) is 4.04. The van der Waals surface area contributed by atoms with Gasteiger partial charge < -0.3 is 9.84 Å². The first-order valence-corrected chi connectivity index (χ1v) is 6.51. The number of para-hydroxylation sites is 1. The monoisotopic (exact) mass is 273 g/mol. The van der Waals surface area contributed by atoms with E-state index < -0.39 is 6.10 Å². The number of aliphatic hydroxyl groups excluding tert-OH is 1. The molecular weight excluding hydrogens is 254 g/mol.